The number of thiophene rings is 1. The van der Waals surface area contributed by atoms with E-state index in [1.165, 1.54) is 11.3 Å². The topological polar surface area (TPSA) is 119 Å². The molecule has 0 bridgehead atoms. The molecular formula is C20H24N2O6S2. The number of anilines is 1. The normalized spacial score (nSPS) is 11.3. The summed E-state index contributed by atoms with van der Waals surface area (Å²) in [7, 11) is -3.26. The number of benzene rings is 1. The predicted molar refractivity (Wildman–Crippen MR) is 115 cm³/mol. The van der Waals surface area contributed by atoms with Crippen LogP contribution in [-0.4, -0.2) is 45.5 Å². The number of ether oxygens (including phenoxy) is 1. The fraction of sp³-hybridized carbons (Fsp3) is 0.350. The van der Waals surface area contributed by atoms with Crippen molar-refractivity contribution in [3.05, 3.63) is 51.7 Å². The first-order chi connectivity index (χ1) is 14.0. The smallest absolute Gasteiger partial charge is 0.348 e. The van der Waals surface area contributed by atoms with E-state index < -0.39 is 22.6 Å². The Morgan fingerprint density at radius 1 is 1.07 bits per heavy atom. The average molecular weight is 453 g/mol. The highest BCUT2D eigenvalue weighted by Crippen LogP contribution is 2.18. The van der Waals surface area contributed by atoms with Gasteiger partial charge in [-0.25, -0.2) is 17.9 Å². The van der Waals surface area contributed by atoms with Crippen LogP contribution in [0.4, 0.5) is 5.69 Å². The fourth-order valence-corrected chi connectivity index (χ4v) is 3.67. The van der Waals surface area contributed by atoms with Crippen LogP contribution < -0.4 is 10.0 Å². The van der Waals surface area contributed by atoms with E-state index in [4.69, 9.17) is 4.74 Å². The molecule has 1 aromatic heterocycles. The van der Waals surface area contributed by atoms with Crippen molar-refractivity contribution in [2.75, 3.05) is 24.7 Å². The van der Waals surface area contributed by atoms with Crippen LogP contribution in [0, 0.1) is 5.92 Å². The minimum atomic E-state index is -3.26. The van der Waals surface area contributed by atoms with Gasteiger partial charge in [0.2, 0.25) is 15.9 Å². The van der Waals surface area contributed by atoms with E-state index in [9.17, 15) is 22.8 Å². The Kier molecular flexibility index (Phi) is 8.27. The highest BCUT2D eigenvalue weighted by Gasteiger charge is 2.15. The van der Waals surface area contributed by atoms with Gasteiger partial charge in [-0.3, -0.25) is 9.59 Å². The first kappa shape index (κ1) is 23.7. The Balaban J connectivity index is 1.84. The van der Waals surface area contributed by atoms with E-state index in [-0.39, 0.29) is 24.2 Å². The molecule has 0 saturated heterocycles. The van der Waals surface area contributed by atoms with E-state index >= 15 is 0 Å². The van der Waals surface area contributed by atoms with Crippen LogP contribution in [-0.2, 0) is 26.0 Å². The van der Waals surface area contributed by atoms with Crippen molar-refractivity contribution in [3.63, 3.8) is 0 Å². The summed E-state index contributed by atoms with van der Waals surface area (Å²) in [6, 6.07) is 9.65. The molecule has 0 unspecified atom stereocenters. The number of Topliss-reactive ketones (excluding diaryl/α,β-unsaturated/α-hetero) is 1. The number of amides is 1. The number of hydrogen-bond donors (Lipinski definition) is 2. The number of ketones is 1. The van der Waals surface area contributed by atoms with Gasteiger partial charge in [0.1, 0.15) is 4.88 Å². The molecule has 1 heterocycles. The summed E-state index contributed by atoms with van der Waals surface area (Å²) in [6.07, 6.45) is 1.53. The van der Waals surface area contributed by atoms with Gasteiger partial charge in [0, 0.05) is 28.6 Å². The standard InChI is InChI=1S/C20H24N2O6S2/c1-13(2)19(24)22-15-6-4-14(5-7-15)17(23)12-28-20(25)18-9-8-16(29-18)10-11-21-30(3,26)27/h4-9,13,21H,10-12H2,1-3H3,(H,22,24). The molecule has 30 heavy (non-hydrogen) atoms. The molecule has 0 aliphatic heterocycles. The first-order valence-electron chi connectivity index (χ1n) is 9.20. The van der Waals surface area contributed by atoms with Crippen molar-refractivity contribution in [2.24, 2.45) is 5.92 Å². The van der Waals surface area contributed by atoms with E-state index in [0.29, 0.717) is 22.5 Å². The molecule has 162 valence electrons. The molecule has 0 spiro atoms. The highest BCUT2D eigenvalue weighted by atomic mass is 32.2. The molecule has 2 rings (SSSR count). The Hall–Kier alpha value is -2.56. The summed E-state index contributed by atoms with van der Waals surface area (Å²) in [5.41, 5.74) is 0.947. The second-order valence-electron chi connectivity index (χ2n) is 6.90. The van der Waals surface area contributed by atoms with Crippen molar-refractivity contribution >= 4 is 44.7 Å². The molecule has 0 fully saturated rings. The van der Waals surface area contributed by atoms with Crippen LogP contribution in [0.15, 0.2) is 36.4 Å². The Labute approximate surface area is 179 Å². The quantitative estimate of drug-likeness (QED) is 0.422. The molecular weight excluding hydrogens is 428 g/mol. The van der Waals surface area contributed by atoms with Gasteiger partial charge < -0.3 is 10.1 Å². The molecule has 0 aliphatic rings. The van der Waals surface area contributed by atoms with Crippen LogP contribution in [0.5, 0.6) is 0 Å². The number of nitrogens with one attached hydrogen (secondary N) is 2. The van der Waals surface area contributed by atoms with Gasteiger partial charge >= 0.3 is 5.97 Å². The number of carbonyl (C=O) groups is 3. The number of carbonyl (C=O) groups excluding carboxylic acids is 3. The Bertz CT molecular complexity index is 1010. The van der Waals surface area contributed by atoms with Gasteiger partial charge in [-0.1, -0.05) is 13.8 Å². The van der Waals surface area contributed by atoms with Gasteiger partial charge in [-0.05, 0) is 42.8 Å². The third kappa shape index (κ3) is 7.69. The molecule has 2 N–H and O–H groups in total. The monoisotopic (exact) mass is 452 g/mol. The van der Waals surface area contributed by atoms with Crippen LogP contribution in [0.3, 0.4) is 0 Å². The summed E-state index contributed by atoms with van der Waals surface area (Å²) in [5, 5.41) is 2.73. The SMILES string of the molecule is CC(C)C(=O)Nc1ccc(C(=O)COC(=O)c2ccc(CCNS(C)(=O)=O)s2)cc1. The molecule has 0 aliphatic carbocycles. The summed E-state index contributed by atoms with van der Waals surface area (Å²) in [6.45, 7) is 3.40. The van der Waals surface area contributed by atoms with Gasteiger partial charge in [0.15, 0.2) is 12.4 Å². The van der Waals surface area contributed by atoms with Crippen molar-refractivity contribution < 1.29 is 27.5 Å². The third-order valence-corrected chi connectivity index (χ3v) is 5.79. The zero-order valence-corrected chi connectivity index (χ0v) is 18.6. The second-order valence-corrected chi connectivity index (χ2v) is 9.90. The molecule has 10 heteroatoms. The van der Waals surface area contributed by atoms with Crippen LogP contribution in [0.25, 0.3) is 0 Å². The molecule has 0 radical (unpaired) electrons. The van der Waals surface area contributed by atoms with Gasteiger partial charge in [0.25, 0.3) is 0 Å². The Morgan fingerprint density at radius 3 is 2.33 bits per heavy atom. The minimum absolute atomic E-state index is 0.120. The fourth-order valence-electron chi connectivity index (χ4n) is 2.29. The van der Waals surface area contributed by atoms with Crippen LogP contribution in [0.2, 0.25) is 0 Å². The van der Waals surface area contributed by atoms with E-state index in [1.807, 2.05) is 0 Å². The second kappa shape index (κ2) is 10.5. The molecule has 0 atom stereocenters. The number of rotatable bonds is 10. The van der Waals surface area contributed by atoms with Gasteiger partial charge in [-0.2, -0.15) is 0 Å². The molecule has 1 amide bonds. The predicted octanol–water partition coefficient (Wildman–Crippen LogP) is 2.47. The highest BCUT2D eigenvalue weighted by molar-refractivity contribution is 7.88. The maximum absolute atomic E-state index is 12.2. The largest absolute Gasteiger partial charge is 0.453 e. The summed E-state index contributed by atoms with van der Waals surface area (Å²) >= 11 is 1.19. The molecule has 2 aromatic rings. The molecule has 1 aromatic carbocycles. The lowest BCUT2D eigenvalue weighted by Crippen LogP contribution is -2.24. The lowest BCUT2D eigenvalue weighted by molar-refractivity contribution is -0.118. The van der Waals surface area contributed by atoms with Crippen LogP contribution >= 0.6 is 11.3 Å². The van der Waals surface area contributed by atoms with Gasteiger partial charge in [0.05, 0.1) is 6.26 Å². The van der Waals surface area contributed by atoms with Crippen molar-refractivity contribution in [1.82, 2.24) is 4.72 Å². The maximum Gasteiger partial charge on any atom is 0.348 e. The van der Waals surface area contributed by atoms with Gasteiger partial charge in [-0.15, -0.1) is 11.3 Å². The molecule has 8 nitrogen and oxygen atoms in total. The average Bonchev–Trinajstić information content (AvgIpc) is 3.14. The Morgan fingerprint density at radius 2 is 1.73 bits per heavy atom. The van der Waals surface area contributed by atoms with E-state index in [2.05, 4.69) is 10.0 Å². The number of sulfonamides is 1. The molecule has 0 saturated carbocycles. The number of esters is 1. The maximum atomic E-state index is 12.2. The number of hydrogen-bond acceptors (Lipinski definition) is 7. The van der Waals surface area contributed by atoms with Crippen molar-refractivity contribution in [1.29, 1.82) is 0 Å². The van der Waals surface area contributed by atoms with Crippen molar-refractivity contribution in [2.45, 2.75) is 20.3 Å². The summed E-state index contributed by atoms with van der Waals surface area (Å²) < 4.78 is 29.6. The van der Waals surface area contributed by atoms with E-state index in [1.54, 1.807) is 50.2 Å². The van der Waals surface area contributed by atoms with Crippen molar-refractivity contribution in [3.8, 4) is 0 Å². The zero-order valence-electron chi connectivity index (χ0n) is 16.9. The van der Waals surface area contributed by atoms with E-state index in [0.717, 1.165) is 11.1 Å². The summed E-state index contributed by atoms with van der Waals surface area (Å²) in [4.78, 5) is 37.2. The summed E-state index contributed by atoms with van der Waals surface area (Å²) in [5.74, 6) is -1.25. The lowest BCUT2D eigenvalue weighted by Gasteiger charge is -2.08. The minimum Gasteiger partial charge on any atom is -0.453 e. The first-order valence-corrected chi connectivity index (χ1v) is 11.9. The third-order valence-electron chi connectivity index (χ3n) is 3.93. The van der Waals surface area contributed by atoms with Crippen LogP contribution in [0.1, 0.15) is 38.8 Å². The zero-order chi connectivity index (χ0) is 22.3. The lowest BCUT2D eigenvalue weighted by atomic mass is 10.1.